The van der Waals surface area contributed by atoms with E-state index in [1.54, 1.807) is 11.3 Å². The molecule has 0 bridgehead atoms. The topological polar surface area (TPSA) is 51.8 Å². The number of pyridine rings is 2. The van der Waals surface area contributed by atoms with E-state index in [1.165, 1.54) is 22.3 Å². The minimum atomic E-state index is 0. The smallest absolute Gasteiger partial charge is 0.148 e. The molecular formula is C37H33IrN3OS-2. The van der Waals surface area contributed by atoms with E-state index in [4.69, 9.17) is 9.40 Å². The van der Waals surface area contributed by atoms with Crippen LogP contribution in [0.2, 0.25) is 0 Å². The van der Waals surface area contributed by atoms with Crippen molar-refractivity contribution >= 4 is 43.5 Å². The molecule has 0 aliphatic carbocycles. The second-order valence-corrected chi connectivity index (χ2v) is 12.9. The molecular weight excluding hydrogens is 727 g/mol. The first-order valence-corrected chi connectivity index (χ1v) is 14.9. The summed E-state index contributed by atoms with van der Waals surface area (Å²) in [6.07, 6.45) is 3.79. The van der Waals surface area contributed by atoms with Crippen LogP contribution in [0.4, 0.5) is 0 Å². The fourth-order valence-corrected chi connectivity index (χ4v) is 5.77. The molecule has 219 valence electrons. The average molecular weight is 760 g/mol. The SMILES string of the molecule is Cc1c[c-]c(-c2ccc(C)cn2)cc1.Cc1cnc(-c2[c-]ccc3c2oc2c3ccc3sc(C(C)(C)C)nc32)cc1C.[Ir]. The zero-order valence-corrected chi connectivity index (χ0v) is 28.6. The monoisotopic (exact) mass is 760 g/mol. The van der Waals surface area contributed by atoms with Crippen LogP contribution >= 0.6 is 11.3 Å². The van der Waals surface area contributed by atoms with Crippen molar-refractivity contribution in [2.24, 2.45) is 0 Å². The number of hydrogen-bond acceptors (Lipinski definition) is 5. The number of rotatable bonds is 2. The van der Waals surface area contributed by atoms with Gasteiger partial charge in [0.2, 0.25) is 0 Å². The molecule has 0 unspecified atom stereocenters. The first-order chi connectivity index (χ1) is 20.1. The predicted octanol–water partition coefficient (Wildman–Crippen LogP) is 10.1. The fourth-order valence-electron chi connectivity index (χ4n) is 4.75. The van der Waals surface area contributed by atoms with Crippen molar-refractivity contribution < 1.29 is 24.5 Å². The molecule has 0 N–H and O–H groups in total. The van der Waals surface area contributed by atoms with Crippen molar-refractivity contribution in [1.82, 2.24) is 15.0 Å². The number of hydrogen-bond donors (Lipinski definition) is 0. The number of aromatic nitrogens is 3. The van der Waals surface area contributed by atoms with Crippen LogP contribution in [0.5, 0.6) is 0 Å². The zero-order valence-electron chi connectivity index (χ0n) is 25.4. The Morgan fingerprint density at radius 3 is 2.16 bits per heavy atom. The Morgan fingerprint density at radius 1 is 0.744 bits per heavy atom. The molecule has 0 spiro atoms. The maximum absolute atomic E-state index is 6.42. The molecule has 0 amide bonds. The molecule has 0 aliphatic heterocycles. The summed E-state index contributed by atoms with van der Waals surface area (Å²) in [5.41, 5.74) is 11.3. The van der Waals surface area contributed by atoms with Crippen LogP contribution in [0, 0.1) is 39.8 Å². The van der Waals surface area contributed by atoms with E-state index in [0.29, 0.717) is 0 Å². The van der Waals surface area contributed by atoms with Gasteiger partial charge in [-0.2, -0.15) is 0 Å². The average Bonchev–Trinajstić information content (AvgIpc) is 3.58. The number of aryl methyl sites for hydroxylation is 4. The molecule has 0 saturated carbocycles. The van der Waals surface area contributed by atoms with E-state index < -0.39 is 0 Å². The van der Waals surface area contributed by atoms with Gasteiger partial charge >= 0.3 is 0 Å². The van der Waals surface area contributed by atoms with Gasteiger partial charge < -0.3 is 14.4 Å². The van der Waals surface area contributed by atoms with Crippen LogP contribution in [0.1, 0.15) is 48.0 Å². The number of thiazole rings is 1. The van der Waals surface area contributed by atoms with E-state index >= 15 is 0 Å². The molecule has 4 nitrogen and oxygen atoms in total. The first-order valence-electron chi connectivity index (χ1n) is 14.1. The largest absolute Gasteiger partial charge is 0.498 e. The molecule has 7 rings (SSSR count). The summed E-state index contributed by atoms with van der Waals surface area (Å²) in [6, 6.07) is 27.2. The summed E-state index contributed by atoms with van der Waals surface area (Å²) < 4.78 is 7.58. The zero-order chi connectivity index (χ0) is 29.6. The van der Waals surface area contributed by atoms with Gasteiger partial charge in [-0.25, -0.2) is 4.98 Å². The van der Waals surface area contributed by atoms with Crippen molar-refractivity contribution in [1.29, 1.82) is 0 Å². The number of fused-ring (bicyclic) bond motifs is 5. The molecule has 3 aromatic carbocycles. The predicted molar refractivity (Wildman–Crippen MR) is 175 cm³/mol. The van der Waals surface area contributed by atoms with E-state index in [9.17, 15) is 0 Å². The standard InChI is InChI=1S/C24H21N2OS.C13H12N.Ir/c1-13-11-18(25-12-14(13)2)17-8-6-7-15-16-9-10-19-20(22(16)27-21(15)17)26-23(28-19)24(3,4)5;1-10-3-6-12(7-4-10)13-8-5-11(2)9-14-13;/h6-7,9-12H,1-5H3;3-6,8-9H,1-2H3;/q2*-1;. The van der Waals surface area contributed by atoms with E-state index in [1.807, 2.05) is 43.6 Å². The fraction of sp³-hybridized carbons (Fsp3) is 0.216. The number of nitrogens with zero attached hydrogens (tertiary/aromatic N) is 3. The molecule has 4 aromatic heterocycles. The van der Waals surface area contributed by atoms with E-state index in [-0.39, 0.29) is 25.5 Å². The molecule has 6 heteroatoms. The van der Waals surface area contributed by atoms with Crippen LogP contribution in [0.25, 0.3) is 54.7 Å². The summed E-state index contributed by atoms with van der Waals surface area (Å²) in [6.45, 7) is 14.9. The minimum Gasteiger partial charge on any atom is -0.498 e. The number of benzene rings is 3. The van der Waals surface area contributed by atoms with Gasteiger partial charge in [0, 0.05) is 43.3 Å². The maximum atomic E-state index is 6.42. The Bertz CT molecular complexity index is 2010. The quantitative estimate of drug-likeness (QED) is 0.165. The molecule has 0 aliphatic rings. The Hall–Kier alpha value is -3.70. The maximum Gasteiger partial charge on any atom is 0.148 e. The van der Waals surface area contributed by atoms with Gasteiger partial charge in [0.05, 0.1) is 15.3 Å². The van der Waals surface area contributed by atoms with Gasteiger partial charge in [-0.1, -0.05) is 68.5 Å². The second kappa shape index (κ2) is 12.1. The van der Waals surface area contributed by atoms with E-state index in [0.717, 1.165) is 59.7 Å². The summed E-state index contributed by atoms with van der Waals surface area (Å²) >= 11 is 1.74. The summed E-state index contributed by atoms with van der Waals surface area (Å²) in [7, 11) is 0. The van der Waals surface area contributed by atoms with Crippen LogP contribution in [-0.2, 0) is 25.5 Å². The third-order valence-corrected chi connectivity index (χ3v) is 8.83. The van der Waals surface area contributed by atoms with Crippen LogP contribution in [-0.4, -0.2) is 15.0 Å². The normalized spacial score (nSPS) is 11.4. The van der Waals surface area contributed by atoms with Crippen LogP contribution in [0.3, 0.4) is 0 Å². The summed E-state index contributed by atoms with van der Waals surface area (Å²) in [4.78, 5) is 13.9. The molecule has 1 radical (unpaired) electrons. The summed E-state index contributed by atoms with van der Waals surface area (Å²) in [5.74, 6) is 0. The van der Waals surface area contributed by atoms with Gasteiger partial charge in [-0.05, 0) is 49.4 Å². The Kier molecular flexibility index (Phi) is 8.67. The van der Waals surface area contributed by atoms with Crippen LogP contribution < -0.4 is 0 Å². The van der Waals surface area contributed by atoms with Crippen molar-refractivity contribution in [3.05, 3.63) is 112 Å². The molecule has 43 heavy (non-hydrogen) atoms. The third-order valence-electron chi connectivity index (χ3n) is 7.38. The molecule has 0 saturated heterocycles. The van der Waals surface area contributed by atoms with Gasteiger partial charge in [0.1, 0.15) is 11.1 Å². The van der Waals surface area contributed by atoms with Crippen molar-refractivity contribution in [2.45, 2.75) is 53.9 Å². The van der Waals surface area contributed by atoms with Crippen molar-refractivity contribution in [2.75, 3.05) is 0 Å². The molecule has 0 fully saturated rings. The number of furan rings is 1. The molecule has 4 heterocycles. The van der Waals surface area contributed by atoms with Gasteiger partial charge in [0.15, 0.2) is 0 Å². The Labute approximate surface area is 270 Å². The second-order valence-electron chi connectivity index (χ2n) is 11.9. The van der Waals surface area contributed by atoms with Crippen LogP contribution in [0.15, 0.2) is 77.5 Å². The summed E-state index contributed by atoms with van der Waals surface area (Å²) in [5, 5.41) is 3.29. The Morgan fingerprint density at radius 2 is 1.49 bits per heavy atom. The van der Waals surface area contributed by atoms with Crippen molar-refractivity contribution in [3.8, 4) is 22.5 Å². The van der Waals surface area contributed by atoms with E-state index in [2.05, 4.69) is 100 Å². The van der Waals surface area contributed by atoms with Crippen molar-refractivity contribution in [3.63, 3.8) is 0 Å². The minimum absolute atomic E-state index is 0. The first kappa shape index (κ1) is 30.7. The Balaban J connectivity index is 0.000000208. The van der Waals surface area contributed by atoms with Gasteiger partial charge in [-0.15, -0.1) is 64.9 Å². The molecule has 7 aromatic rings. The third kappa shape index (κ3) is 6.19. The molecule has 0 atom stereocenters. The van der Waals surface area contributed by atoms with Gasteiger partial charge in [0.25, 0.3) is 0 Å². The van der Waals surface area contributed by atoms with Gasteiger partial charge in [-0.3, -0.25) is 0 Å².